The van der Waals surface area contributed by atoms with Gasteiger partial charge < -0.3 is 10.6 Å². The van der Waals surface area contributed by atoms with Crippen molar-refractivity contribution in [3.63, 3.8) is 0 Å². The minimum absolute atomic E-state index is 0.129. The fourth-order valence-corrected chi connectivity index (χ4v) is 3.77. The molecule has 0 saturated heterocycles. The van der Waals surface area contributed by atoms with Crippen molar-refractivity contribution >= 4 is 23.2 Å². The van der Waals surface area contributed by atoms with Crippen molar-refractivity contribution in [2.24, 2.45) is 5.73 Å². The Labute approximate surface area is 171 Å². The van der Waals surface area contributed by atoms with Gasteiger partial charge in [-0.05, 0) is 62.3 Å². The van der Waals surface area contributed by atoms with E-state index in [2.05, 4.69) is 31.2 Å². The highest BCUT2D eigenvalue weighted by Crippen LogP contribution is 2.30. The predicted octanol–water partition coefficient (Wildman–Crippen LogP) is 3.86. The van der Waals surface area contributed by atoms with Gasteiger partial charge in [-0.15, -0.1) is 0 Å². The molecule has 1 aliphatic rings. The van der Waals surface area contributed by atoms with Crippen molar-refractivity contribution in [2.45, 2.75) is 39.5 Å². The zero-order chi connectivity index (χ0) is 21.0. The van der Waals surface area contributed by atoms with Crippen LogP contribution in [0.15, 0.2) is 59.7 Å². The number of amides is 2. The summed E-state index contributed by atoms with van der Waals surface area (Å²) in [7, 11) is 0. The molecule has 5 nitrogen and oxygen atoms in total. The minimum atomic E-state index is -0.784. The van der Waals surface area contributed by atoms with Gasteiger partial charge in [0.2, 0.25) is 0 Å². The molecule has 1 heterocycles. The van der Waals surface area contributed by atoms with E-state index in [4.69, 9.17) is 11.1 Å². The Hall–Kier alpha value is -3.21. The summed E-state index contributed by atoms with van der Waals surface area (Å²) < 4.78 is 0. The van der Waals surface area contributed by atoms with E-state index in [1.54, 1.807) is 4.90 Å². The van der Waals surface area contributed by atoms with Gasteiger partial charge in [0, 0.05) is 17.8 Å². The lowest BCUT2D eigenvalue weighted by Crippen LogP contribution is -2.40. The topological polar surface area (TPSA) is 87.2 Å². The fourth-order valence-electron chi connectivity index (χ4n) is 3.77. The maximum Gasteiger partial charge on any atom is 0.266 e. The molecule has 150 valence electrons. The highest BCUT2D eigenvalue weighted by Gasteiger charge is 2.31. The van der Waals surface area contributed by atoms with Gasteiger partial charge in [0.25, 0.3) is 11.8 Å². The van der Waals surface area contributed by atoms with Crippen LogP contribution in [0.25, 0.3) is 0 Å². The van der Waals surface area contributed by atoms with Gasteiger partial charge in [-0.25, -0.2) is 0 Å². The first-order valence-electron chi connectivity index (χ1n) is 9.92. The third-order valence-electron chi connectivity index (χ3n) is 5.42. The summed E-state index contributed by atoms with van der Waals surface area (Å²) in [5.74, 6) is -0.913. The Morgan fingerprint density at radius 2 is 1.76 bits per heavy atom. The van der Waals surface area contributed by atoms with Crippen molar-refractivity contribution in [1.82, 2.24) is 0 Å². The number of para-hydroxylation sites is 1. The van der Waals surface area contributed by atoms with E-state index in [0.717, 1.165) is 24.1 Å². The van der Waals surface area contributed by atoms with Crippen LogP contribution in [0, 0.1) is 19.3 Å². The molecule has 0 unspecified atom stereocenters. The molecule has 29 heavy (non-hydrogen) atoms. The van der Waals surface area contributed by atoms with Crippen LogP contribution < -0.4 is 10.6 Å². The number of carbonyl (C=O) groups excluding carboxylic acids is 2. The third kappa shape index (κ3) is 4.62. The number of aryl methyl sites for hydroxylation is 3. The molecular weight excluding hydrogens is 362 g/mol. The lowest BCUT2D eigenvalue weighted by Gasteiger charge is -2.31. The first kappa shape index (κ1) is 20.5. The van der Waals surface area contributed by atoms with E-state index in [9.17, 15) is 9.59 Å². The largest absolute Gasteiger partial charge is 0.364 e. The first-order valence-corrected chi connectivity index (χ1v) is 9.92. The van der Waals surface area contributed by atoms with Crippen molar-refractivity contribution < 1.29 is 9.59 Å². The lowest BCUT2D eigenvalue weighted by molar-refractivity contribution is -0.115. The second-order valence-corrected chi connectivity index (χ2v) is 7.53. The number of hydrogen-bond acceptors (Lipinski definition) is 3. The summed E-state index contributed by atoms with van der Waals surface area (Å²) in [4.78, 5) is 26.7. The monoisotopic (exact) mass is 389 g/mol. The SMILES string of the molecule is Cc1ccc(CCCC2=C(C(=N)C(N)=O)CCN(c3ccccc3C)C2=O)cc1. The molecule has 0 aliphatic carbocycles. The number of nitrogens with zero attached hydrogens (tertiary/aromatic N) is 1. The number of hydrogen-bond donors (Lipinski definition) is 2. The zero-order valence-corrected chi connectivity index (χ0v) is 17.0. The first-order chi connectivity index (χ1) is 13.9. The summed E-state index contributed by atoms with van der Waals surface area (Å²) in [5, 5.41) is 8.09. The molecule has 0 aromatic heterocycles. The van der Waals surface area contributed by atoms with Crippen LogP contribution in [0.1, 0.15) is 36.0 Å². The molecule has 0 atom stereocenters. The molecule has 0 bridgehead atoms. The number of nitrogens with one attached hydrogen (secondary N) is 1. The molecule has 0 fully saturated rings. The fraction of sp³-hybridized carbons (Fsp3) is 0.292. The molecule has 2 aromatic rings. The maximum atomic E-state index is 13.3. The van der Waals surface area contributed by atoms with Crippen LogP contribution in [0.3, 0.4) is 0 Å². The van der Waals surface area contributed by atoms with Gasteiger partial charge >= 0.3 is 0 Å². The van der Waals surface area contributed by atoms with Crippen LogP contribution >= 0.6 is 0 Å². The summed E-state index contributed by atoms with van der Waals surface area (Å²) in [6.45, 7) is 4.47. The van der Waals surface area contributed by atoms with Gasteiger partial charge in [-0.2, -0.15) is 0 Å². The Morgan fingerprint density at radius 3 is 2.41 bits per heavy atom. The van der Waals surface area contributed by atoms with Gasteiger partial charge in [-0.1, -0.05) is 48.0 Å². The second-order valence-electron chi connectivity index (χ2n) is 7.53. The summed E-state index contributed by atoms with van der Waals surface area (Å²) in [6.07, 6.45) is 2.57. The van der Waals surface area contributed by atoms with Gasteiger partial charge in [-0.3, -0.25) is 15.0 Å². The van der Waals surface area contributed by atoms with Gasteiger partial charge in [0.05, 0.1) is 0 Å². The molecule has 0 saturated carbocycles. The van der Waals surface area contributed by atoms with E-state index >= 15 is 0 Å². The number of benzene rings is 2. The summed E-state index contributed by atoms with van der Waals surface area (Å²) >= 11 is 0. The molecule has 2 aromatic carbocycles. The maximum absolute atomic E-state index is 13.3. The van der Waals surface area contributed by atoms with Crippen LogP contribution in [0.5, 0.6) is 0 Å². The standard InChI is InChI=1S/C24H27N3O2/c1-16-10-12-18(13-11-16)7-5-8-20-19(22(25)23(26)28)14-15-27(24(20)29)21-9-4-3-6-17(21)2/h3-4,6,9-13,25H,5,7-8,14-15H2,1-2H3,(H2,26,28). The van der Waals surface area contributed by atoms with Crippen LogP contribution in [-0.2, 0) is 16.0 Å². The predicted molar refractivity (Wildman–Crippen MR) is 116 cm³/mol. The smallest absolute Gasteiger partial charge is 0.266 e. The van der Waals surface area contributed by atoms with E-state index in [1.807, 2.05) is 31.2 Å². The van der Waals surface area contributed by atoms with E-state index in [1.165, 1.54) is 11.1 Å². The van der Waals surface area contributed by atoms with E-state index < -0.39 is 5.91 Å². The highest BCUT2D eigenvalue weighted by molar-refractivity contribution is 6.44. The Bertz CT molecular complexity index is 974. The van der Waals surface area contributed by atoms with E-state index in [0.29, 0.717) is 30.5 Å². The van der Waals surface area contributed by atoms with Gasteiger partial charge in [0.15, 0.2) is 0 Å². The number of carbonyl (C=O) groups is 2. The third-order valence-corrected chi connectivity index (χ3v) is 5.42. The molecule has 3 N–H and O–H groups in total. The second kappa shape index (κ2) is 8.86. The van der Waals surface area contributed by atoms with Crippen LogP contribution in [0.2, 0.25) is 0 Å². The highest BCUT2D eigenvalue weighted by atomic mass is 16.2. The molecule has 2 amide bonds. The van der Waals surface area contributed by atoms with E-state index in [-0.39, 0.29) is 11.6 Å². The average Bonchev–Trinajstić information content (AvgIpc) is 2.70. The Kier molecular flexibility index (Phi) is 6.27. The molecular formula is C24H27N3O2. The number of nitrogens with two attached hydrogens (primary N) is 1. The number of rotatable bonds is 7. The lowest BCUT2D eigenvalue weighted by atomic mass is 9.90. The van der Waals surface area contributed by atoms with Crippen LogP contribution in [-0.4, -0.2) is 24.1 Å². The van der Waals surface area contributed by atoms with Crippen LogP contribution in [0.4, 0.5) is 5.69 Å². The number of primary amides is 1. The summed E-state index contributed by atoms with van der Waals surface area (Å²) in [6, 6.07) is 16.1. The normalized spacial score (nSPS) is 14.3. The molecule has 3 rings (SSSR count). The van der Waals surface area contributed by atoms with Crippen molar-refractivity contribution in [3.05, 3.63) is 76.4 Å². The Balaban J connectivity index is 1.85. The summed E-state index contributed by atoms with van der Waals surface area (Å²) in [5.41, 5.74) is 10.5. The molecule has 0 spiro atoms. The molecule has 5 heteroatoms. The van der Waals surface area contributed by atoms with Crippen molar-refractivity contribution in [3.8, 4) is 0 Å². The van der Waals surface area contributed by atoms with Gasteiger partial charge in [0.1, 0.15) is 5.71 Å². The zero-order valence-electron chi connectivity index (χ0n) is 17.0. The molecule has 0 radical (unpaired) electrons. The number of anilines is 1. The minimum Gasteiger partial charge on any atom is -0.364 e. The van der Waals surface area contributed by atoms with Crippen molar-refractivity contribution in [1.29, 1.82) is 5.41 Å². The Morgan fingerprint density at radius 1 is 1.07 bits per heavy atom. The average molecular weight is 389 g/mol. The van der Waals surface area contributed by atoms with Crippen molar-refractivity contribution in [2.75, 3.05) is 11.4 Å². The quantitative estimate of drug-likeness (QED) is 0.704. The molecule has 1 aliphatic heterocycles.